The highest BCUT2D eigenvalue weighted by Gasteiger charge is 2.10. The average Bonchev–Trinajstić information content (AvgIpc) is 2.82. The van der Waals surface area contributed by atoms with Gasteiger partial charge < -0.3 is 14.8 Å². The van der Waals surface area contributed by atoms with Gasteiger partial charge in [-0.1, -0.05) is 0 Å². The summed E-state index contributed by atoms with van der Waals surface area (Å²) in [7, 11) is 0. The van der Waals surface area contributed by atoms with Crippen LogP contribution in [0, 0.1) is 0 Å². The van der Waals surface area contributed by atoms with Gasteiger partial charge >= 0.3 is 5.97 Å². The van der Waals surface area contributed by atoms with Crippen LogP contribution in [-0.4, -0.2) is 22.6 Å². The fourth-order valence-electron chi connectivity index (χ4n) is 1.49. The molecule has 2 aromatic heterocycles. The Morgan fingerprint density at radius 3 is 3.00 bits per heavy atom. The second kappa shape index (κ2) is 5.16. The molecule has 17 heavy (non-hydrogen) atoms. The van der Waals surface area contributed by atoms with Crippen LogP contribution in [0.5, 0.6) is 0 Å². The molecule has 88 valence electrons. The van der Waals surface area contributed by atoms with Crippen molar-refractivity contribution in [1.82, 2.24) is 4.98 Å². The minimum absolute atomic E-state index is 0.0342. The predicted octanol–water partition coefficient (Wildman–Crippen LogP) is 2.03. The number of carboxylic acid groups (broad SMARTS) is 1. The number of rotatable bonds is 5. The molecule has 2 N–H and O–H groups in total. The Hall–Kier alpha value is -2.30. The Kier molecular flexibility index (Phi) is 3.40. The maximum atomic E-state index is 10.9. The monoisotopic (exact) mass is 232 g/mol. The molecule has 0 spiro atoms. The summed E-state index contributed by atoms with van der Waals surface area (Å²) in [5.74, 6) is -0.177. The lowest BCUT2D eigenvalue weighted by Crippen LogP contribution is -2.10. The molecule has 0 bridgehead atoms. The van der Waals surface area contributed by atoms with Crippen molar-refractivity contribution < 1.29 is 14.3 Å². The summed E-state index contributed by atoms with van der Waals surface area (Å²) in [5.41, 5.74) is 0.554. The van der Waals surface area contributed by atoms with Crippen molar-refractivity contribution in [3.05, 3.63) is 48.2 Å². The van der Waals surface area contributed by atoms with Crippen LogP contribution in [0.2, 0.25) is 0 Å². The molecule has 2 rings (SSSR count). The fourth-order valence-corrected chi connectivity index (χ4v) is 1.49. The van der Waals surface area contributed by atoms with Gasteiger partial charge in [-0.2, -0.15) is 0 Å². The number of anilines is 1. The number of nitrogens with zero attached hydrogens (tertiary/aromatic N) is 1. The molecule has 0 amide bonds. The van der Waals surface area contributed by atoms with Crippen LogP contribution in [0.4, 0.5) is 5.69 Å². The van der Waals surface area contributed by atoms with Crippen molar-refractivity contribution >= 4 is 11.7 Å². The largest absolute Gasteiger partial charge is 0.476 e. The molecule has 0 saturated heterocycles. The van der Waals surface area contributed by atoms with E-state index in [1.54, 1.807) is 18.4 Å². The molecule has 5 nitrogen and oxygen atoms in total. The summed E-state index contributed by atoms with van der Waals surface area (Å²) in [6.45, 7) is 0.597. The number of nitrogens with one attached hydrogen (secondary N) is 1. The minimum Gasteiger partial charge on any atom is -0.476 e. The number of furan rings is 1. The van der Waals surface area contributed by atoms with Crippen LogP contribution in [0.25, 0.3) is 0 Å². The molecule has 0 saturated carbocycles. The smallest absolute Gasteiger partial charge is 0.356 e. The van der Waals surface area contributed by atoms with Gasteiger partial charge in [0, 0.05) is 19.2 Å². The van der Waals surface area contributed by atoms with Gasteiger partial charge in [-0.3, -0.25) is 0 Å². The maximum Gasteiger partial charge on any atom is 0.356 e. The number of aromatic nitrogens is 1. The summed E-state index contributed by atoms with van der Waals surface area (Å²) in [6, 6.07) is 7.09. The molecule has 0 aliphatic rings. The van der Waals surface area contributed by atoms with Gasteiger partial charge in [-0.25, -0.2) is 9.78 Å². The number of hydrogen-bond acceptors (Lipinski definition) is 4. The zero-order valence-corrected chi connectivity index (χ0v) is 9.09. The predicted molar refractivity (Wildman–Crippen MR) is 62.1 cm³/mol. The third-order valence-electron chi connectivity index (χ3n) is 2.28. The Morgan fingerprint density at radius 2 is 2.29 bits per heavy atom. The molecule has 0 aliphatic heterocycles. The summed E-state index contributed by atoms with van der Waals surface area (Å²) in [5, 5.41) is 12.0. The van der Waals surface area contributed by atoms with E-state index in [-0.39, 0.29) is 5.69 Å². The van der Waals surface area contributed by atoms with Gasteiger partial charge in [0.1, 0.15) is 5.76 Å². The van der Waals surface area contributed by atoms with Gasteiger partial charge in [0.25, 0.3) is 0 Å². The van der Waals surface area contributed by atoms with E-state index in [9.17, 15) is 4.79 Å². The minimum atomic E-state index is -1.04. The number of aromatic carboxylic acids is 1. The first-order valence-electron chi connectivity index (χ1n) is 5.22. The van der Waals surface area contributed by atoms with Crippen molar-refractivity contribution in [3.63, 3.8) is 0 Å². The van der Waals surface area contributed by atoms with Crippen LogP contribution >= 0.6 is 0 Å². The zero-order chi connectivity index (χ0) is 12.1. The summed E-state index contributed by atoms with van der Waals surface area (Å²) in [4.78, 5) is 14.7. The van der Waals surface area contributed by atoms with Crippen LogP contribution in [-0.2, 0) is 6.42 Å². The zero-order valence-electron chi connectivity index (χ0n) is 9.09. The van der Waals surface area contributed by atoms with E-state index in [1.807, 2.05) is 12.1 Å². The van der Waals surface area contributed by atoms with Crippen LogP contribution in [0.3, 0.4) is 0 Å². The number of carboxylic acids is 1. The highest BCUT2D eigenvalue weighted by Crippen LogP contribution is 2.12. The lowest BCUT2D eigenvalue weighted by atomic mass is 10.2. The van der Waals surface area contributed by atoms with Crippen molar-refractivity contribution in [2.24, 2.45) is 0 Å². The molecule has 0 unspecified atom stereocenters. The molecule has 0 fully saturated rings. The maximum absolute atomic E-state index is 10.9. The summed E-state index contributed by atoms with van der Waals surface area (Å²) >= 11 is 0. The van der Waals surface area contributed by atoms with Crippen LogP contribution in [0.15, 0.2) is 41.1 Å². The second-order valence-corrected chi connectivity index (χ2v) is 3.46. The van der Waals surface area contributed by atoms with Gasteiger partial charge in [0.2, 0.25) is 0 Å². The van der Waals surface area contributed by atoms with Crippen molar-refractivity contribution in [2.75, 3.05) is 11.9 Å². The molecule has 5 heteroatoms. The van der Waals surface area contributed by atoms with E-state index in [1.165, 1.54) is 6.20 Å². The van der Waals surface area contributed by atoms with Crippen molar-refractivity contribution in [1.29, 1.82) is 0 Å². The molecule has 0 aromatic carbocycles. The van der Waals surface area contributed by atoms with Gasteiger partial charge in [-0.05, 0) is 24.3 Å². The molecule has 2 aromatic rings. The van der Waals surface area contributed by atoms with Crippen LogP contribution in [0.1, 0.15) is 16.2 Å². The van der Waals surface area contributed by atoms with E-state index < -0.39 is 5.97 Å². The summed E-state index contributed by atoms with van der Waals surface area (Å²) < 4.78 is 5.18. The highest BCUT2D eigenvalue weighted by molar-refractivity contribution is 5.91. The van der Waals surface area contributed by atoms with E-state index in [2.05, 4.69) is 10.3 Å². The highest BCUT2D eigenvalue weighted by atomic mass is 16.4. The van der Waals surface area contributed by atoms with Gasteiger partial charge in [0.15, 0.2) is 5.69 Å². The molecule has 2 heterocycles. The van der Waals surface area contributed by atoms with Crippen molar-refractivity contribution in [3.8, 4) is 0 Å². The molecular formula is C12H12N2O3. The molecule has 0 aliphatic carbocycles. The van der Waals surface area contributed by atoms with E-state index in [4.69, 9.17) is 9.52 Å². The van der Waals surface area contributed by atoms with Gasteiger partial charge in [-0.15, -0.1) is 0 Å². The Bertz CT molecular complexity index is 494. The Labute approximate surface area is 98.1 Å². The Morgan fingerprint density at radius 1 is 1.41 bits per heavy atom. The van der Waals surface area contributed by atoms with Crippen LogP contribution < -0.4 is 5.32 Å². The topological polar surface area (TPSA) is 75.4 Å². The normalized spacial score (nSPS) is 10.1. The fraction of sp³-hybridized carbons (Fsp3) is 0.167. The molecule has 0 atom stereocenters. The van der Waals surface area contributed by atoms with E-state index >= 15 is 0 Å². The SMILES string of the molecule is O=C(O)c1ncccc1NCCc1ccco1. The number of carbonyl (C=O) groups is 1. The number of pyridine rings is 1. The summed E-state index contributed by atoms with van der Waals surface area (Å²) in [6.07, 6.45) is 3.77. The van der Waals surface area contributed by atoms with E-state index in [0.717, 1.165) is 5.76 Å². The standard InChI is InChI=1S/C12H12N2O3/c15-12(16)11-10(4-1-6-14-11)13-7-5-9-3-2-8-17-9/h1-4,6,8,13H,5,7H2,(H,15,16). The van der Waals surface area contributed by atoms with Crippen molar-refractivity contribution in [2.45, 2.75) is 6.42 Å². The average molecular weight is 232 g/mol. The molecule has 0 radical (unpaired) electrons. The first-order valence-corrected chi connectivity index (χ1v) is 5.22. The number of hydrogen-bond donors (Lipinski definition) is 2. The lowest BCUT2D eigenvalue weighted by Gasteiger charge is -2.07. The van der Waals surface area contributed by atoms with E-state index in [0.29, 0.717) is 18.7 Å². The first-order chi connectivity index (χ1) is 8.27. The first kappa shape index (κ1) is 11.2. The third kappa shape index (κ3) is 2.84. The third-order valence-corrected chi connectivity index (χ3v) is 2.28. The lowest BCUT2D eigenvalue weighted by molar-refractivity contribution is 0.0691. The second-order valence-electron chi connectivity index (χ2n) is 3.46. The quantitative estimate of drug-likeness (QED) is 0.824. The van der Waals surface area contributed by atoms with Gasteiger partial charge in [0.05, 0.1) is 12.0 Å². The Balaban J connectivity index is 1.97. The molecular weight excluding hydrogens is 220 g/mol.